The number of rotatable bonds is 49. The van der Waals surface area contributed by atoms with Crippen LogP contribution < -0.4 is 0 Å². The van der Waals surface area contributed by atoms with Crippen LogP contribution in [0.5, 0.6) is 0 Å². The van der Waals surface area contributed by atoms with Gasteiger partial charge in [0, 0.05) is 95.2 Å². The van der Waals surface area contributed by atoms with E-state index in [1.54, 1.807) is 0 Å². The largest absolute Gasteiger partial charge is 0.462 e. The number of hydrogen-bond donors (Lipinski definition) is 0. The van der Waals surface area contributed by atoms with E-state index in [9.17, 15) is 9.59 Å². The highest BCUT2D eigenvalue weighted by Crippen LogP contribution is 2.45. The first-order valence-electron chi connectivity index (χ1n) is 39.9. The van der Waals surface area contributed by atoms with Crippen LogP contribution in [0.15, 0.2) is 0 Å². The van der Waals surface area contributed by atoms with Gasteiger partial charge >= 0.3 is 11.9 Å². The first kappa shape index (κ1) is 85.0. The lowest BCUT2D eigenvalue weighted by Gasteiger charge is -2.56. The number of carbonyl (C=O) groups is 2. The molecule has 4 heterocycles. The molecule has 0 spiro atoms. The molecule has 554 valence electrons. The maximum absolute atomic E-state index is 14.2. The summed E-state index contributed by atoms with van der Waals surface area (Å²) in [6, 6.07) is 0.597. The van der Waals surface area contributed by atoms with Crippen molar-refractivity contribution in [3.63, 3.8) is 0 Å². The maximum Gasteiger partial charge on any atom is 0.307 e. The van der Waals surface area contributed by atoms with Crippen molar-refractivity contribution < 1.29 is 38.4 Å². The molecule has 0 unspecified atom stereocenters. The molecular weight excluding hydrogens is 1170 g/mol. The van der Waals surface area contributed by atoms with Crippen LogP contribution in [0.2, 0.25) is 0 Å². The summed E-state index contributed by atoms with van der Waals surface area (Å²) < 4.78 is 13.0. The number of esters is 2. The molecule has 14 heteroatoms. The summed E-state index contributed by atoms with van der Waals surface area (Å²) in [6.45, 7) is 52.2. The molecule has 4 rings (SSSR count). The van der Waals surface area contributed by atoms with Crippen molar-refractivity contribution in [3.05, 3.63) is 0 Å². The smallest absolute Gasteiger partial charge is 0.307 e. The second-order valence-electron chi connectivity index (χ2n) is 35.2. The Balaban J connectivity index is 1.46. The van der Waals surface area contributed by atoms with Gasteiger partial charge in [0.1, 0.15) is 12.2 Å². The zero-order chi connectivity index (χ0) is 69.7. The van der Waals surface area contributed by atoms with E-state index in [0.717, 1.165) is 142 Å². The van der Waals surface area contributed by atoms with Gasteiger partial charge < -0.3 is 9.47 Å². The predicted octanol–water partition coefficient (Wildman–Crippen LogP) is 20.3. The molecule has 0 aromatic rings. The molecule has 0 bridgehead atoms. The quantitative estimate of drug-likeness (QED) is 0.0426. The number of piperidine rings is 4. The van der Waals surface area contributed by atoms with E-state index >= 15 is 0 Å². The number of hydrogen-bond acceptors (Lipinski definition) is 14. The molecule has 0 N–H and O–H groups in total. The fourth-order valence-corrected chi connectivity index (χ4v) is 17.9. The third kappa shape index (κ3) is 29.2. The Labute approximate surface area is 581 Å². The molecule has 4 saturated heterocycles. The van der Waals surface area contributed by atoms with Crippen molar-refractivity contribution in [2.45, 2.75) is 451 Å². The first-order chi connectivity index (χ1) is 44.3. The normalized spacial score (nSPS) is 22.0. The Kier molecular flexibility index (Phi) is 37.5. The lowest BCUT2D eigenvalue weighted by molar-refractivity contribution is -0.293. The van der Waals surface area contributed by atoms with Crippen molar-refractivity contribution in [1.29, 1.82) is 0 Å². The molecule has 0 atom stereocenters. The van der Waals surface area contributed by atoms with Gasteiger partial charge in [-0.2, -0.15) is 20.3 Å². The Morgan fingerprint density at radius 1 is 0.287 bits per heavy atom. The molecule has 4 aliphatic heterocycles. The van der Waals surface area contributed by atoms with Crippen molar-refractivity contribution in [2.75, 3.05) is 52.6 Å². The minimum absolute atomic E-state index is 0.0893. The van der Waals surface area contributed by atoms with E-state index in [-0.39, 0.29) is 68.5 Å². The molecule has 0 saturated carbocycles. The predicted molar refractivity (Wildman–Crippen MR) is 392 cm³/mol. The van der Waals surface area contributed by atoms with E-state index < -0.39 is 0 Å². The fourth-order valence-electron chi connectivity index (χ4n) is 17.9. The monoisotopic (exact) mass is 1330 g/mol. The second kappa shape index (κ2) is 41.5. The molecule has 0 amide bonds. The van der Waals surface area contributed by atoms with Gasteiger partial charge in [-0.15, -0.1) is 0 Å². The number of unbranched alkanes of at least 4 members (excludes halogenated alkanes) is 23. The summed E-state index contributed by atoms with van der Waals surface area (Å²) in [5.74, 6) is -0.179. The van der Waals surface area contributed by atoms with E-state index in [4.69, 9.17) is 28.8 Å². The maximum atomic E-state index is 14.2. The van der Waals surface area contributed by atoms with Crippen LogP contribution in [0.3, 0.4) is 0 Å². The second-order valence-corrected chi connectivity index (χ2v) is 35.2. The van der Waals surface area contributed by atoms with E-state index in [1.807, 2.05) is 0 Å². The van der Waals surface area contributed by atoms with Gasteiger partial charge in [-0.05, 0) is 188 Å². The zero-order valence-electron chi connectivity index (χ0n) is 65.8. The summed E-state index contributed by atoms with van der Waals surface area (Å²) >= 11 is 0. The molecule has 0 radical (unpaired) electrons. The fraction of sp³-hybridized carbons (Fsp3) is 0.975. The topological polar surface area (TPSA) is 109 Å². The van der Waals surface area contributed by atoms with Crippen molar-refractivity contribution in [3.8, 4) is 0 Å². The minimum atomic E-state index is -0.269. The highest BCUT2D eigenvalue weighted by Gasteiger charge is 2.52. The average Bonchev–Trinajstić information content (AvgIpc) is 0.797. The molecule has 14 nitrogen and oxygen atoms in total. The highest BCUT2D eigenvalue weighted by molar-refractivity contribution is 5.70. The molecule has 94 heavy (non-hydrogen) atoms. The Morgan fingerprint density at radius 3 is 0.723 bits per heavy atom. The van der Waals surface area contributed by atoms with Crippen LogP contribution in [0, 0.1) is 0 Å². The molecular formula is C80H156N6O8. The van der Waals surface area contributed by atoms with Gasteiger partial charge in [-0.1, -0.05) is 169 Å². The average molecular weight is 1330 g/mol. The third-order valence-corrected chi connectivity index (χ3v) is 21.6. The molecule has 0 aromatic heterocycles. The van der Waals surface area contributed by atoms with E-state index in [0.29, 0.717) is 38.0 Å². The van der Waals surface area contributed by atoms with Gasteiger partial charge in [0.15, 0.2) is 0 Å². The number of ether oxygens (including phenoxy) is 2. The molecule has 4 fully saturated rings. The van der Waals surface area contributed by atoms with Gasteiger partial charge in [0.2, 0.25) is 0 Å². The standard InChI is InChI=1S/C80H156N6O8/c1-21-25-29-33-39-45-55-89-83-73(5,6)59-67(60-74(83,7)8)81(53-49-71(87)93-69-63-77(13,14)85(78(15,16)64-69)91-57-47-41-35-31-27-23-3)51-43-37-38-44-52-82(68-61-75(9,10)84(76(11,12)62-68)90-56-46-40-34-30-26-22-2)54-50-72(88)94-70-65-79(17,18)86(80(19,20)66-70)92-58-48-42-36-32-28-24-4/h67-70H,21-66H2,1-20H3. The van der Waals surface area contributed by atoms with Crippen LogP contribution in [0.25, 0.3) is 0 Å². The SMILES string of the molecule is CCCCCCCCON1C(C)(C)CC(OC(=O)CCN(CCCCCCN(CCC(=O)OC2CC(C)(C)N(OCCCCCCCC)C(C)(C)C2)C2CC(C)(C)N(OCCCCCCCC)C(C)(C)C2)C2CC(C)(C)N(OCCCCCCCC)C(C)(C)C2)CC1(C)C. The van der Waals surface area contributed by atoms with Crippen LogP contribution in [0.4, 0.5) is 0 Å². The summed E-state index contributed by atoms with van der Waals surface area (Å²) in [4.78, 5) is 60.4. The van der Waals surface area contributed by atoms with Gasteiger partial charge in [-0.25, -0.2) is 0 Å². The lowest BCUT2D eigenvalue weighted by atomic mass is 9.78. The van der Waals surface area contributed by atoms with Gasteiger partial charge in [-0.3, -0.25) is 38.7 Å². The van der Waals surface area contributed by atoms with Crippen LogP contribution in [-0.4, -0.2) is 163 Å². The molecule has 0 aromatic carbocycles. The van der Waals surface area contributed by atoms with Crippen molar-refractivity contribution in [1.82, 2.24) is 30.1 Å². The Bertz CT molecular complexity index is 1850. The Hall–Kier alpha value is -1.46. The van der Waals surface area contributed by atoms with Gasteiger partial charge in [0.05, 0.1) is 39.3 Å². The van der Waals surface area contributed by atoms with Crippen LogP contribution >= 0.6 is 0 Å². The van der Waals surface area contributed by atoms with Crippen LogP contribution in [-0.2, 0) is 38.4 Å². The highest BCUT2D eigenvalue weighted by atomic mass is 16.7. The third-order valence-electron chi connectivity index (χ3n) is 21.6. The van der Waals surface area contributed by atoms with Gasteiger partial charge in [0.25, 0.3) is 0 Å². The first-order valence-corrected chi connectivity index (χ1v) is 39.9. The minimum Gasteiger partial charge on any atom is -0.462 e. The summed E-state index contributed by atoms with van der Waals surface area (Å²) in [5.41, 5.74) is -1.81. The summed E-state index contributed by atoms with van der Waals surface area (Å²) in [6.07, 6.45) is 41.4. The van der Waals surface area contributed by atoms with E-state index in [1.165, 1.54) is 128 Å². The Morgan fingerprint density at radius 2 is 0.489 bits per heavy atom. The van der Waals surface area contributed by atoms with Crippen LogP contribution in [0.1, 0.15) is 382 Å². The number of hydroxylamine groups is 8. The summed E-state index contributed by atoms with van der Waals surface area (Å²) in [5, 5.41) is 9.11. The number of nitrogens with zero attached hydrogens (tertiary/aromatic N) is 6. The zero-order valence-corrected chi connectivity index (χ0v) is 65.8. The summed E-state index contributed by atoms with van der Waals surface area (Å²) in [7, 11) is 0. The number of carbonyl (C=O) groups excluding carboxylic acids is 2. The lowest BCUT2D eigenvalue weighted by Crippen LogP contribution is -2.64. The van der Waals surface area contributed by atoms with Crippen molar-refractivity contribution in [2.24, 2.45) is 0 Å². The molecule has 4 aliphatic rings. The van der Waals surface area contributed by atoms with E-state index in [2.05, 4.69) is 169 Å². The van der Waals surface area contributed by atoms with Crippen molar-refractivity contribution >= 4 is 11.9 Å². The molecule has 0 aliphatic carbocycles.